The summed E-state index contributed by atoms with van der Waals surface area (Å²) in [5.74, 6) is -0.951. The van der Waals surface area contributed by atoms with Crippen molar-refractivity contribution in [3.8, 4) is 0 Å². The first-order valence-electron chi connectivity index (χ1n) is 7.64. The van der Waals surface area contributed by atoms with E-state index in [4.69, 9.17) is 11.6 Å². The lowest BCUT2D eigenvalue weighted by Crippen LogP contribution is -2.45. The van der Waals surface area contributed by atoms with Gasteiger partial charge >= 0.3 is 12.1 Å². The summed E-state index contributed by atoms with van der Waals surface area (Å²) in [7, 11) is 0. The van der Waals surface area contributed by atoms with Gasteiger partial charge in [-0.1, -0.05) is 29.8 Å². The molecular formula is C18H15ClF3NO2. The van der Waals surface area contributed by atoms with Crippen LogP contribution in [0, 0.1) is 0 Å². The number of aliphatic carboxylic acids is 1. The van der Waals surface area contributed by atoms with E-state index in [1.54, 1.807) is 17.0 Å². The van der Waals surface area contributed by atoms with Crippen molar-refractivity contribution in [2.24, 2.45) is 0 Å². The van der Waals surface area contributed by atoms with E-state index in [0.29, 0.717) is 23.6 Å². The highest BCUT2D eigenvalue weighted by Crippen LogP contribution is 2.30. The second kappa shape index (κ2) is 6.69. The Hall–Kier alpha value is -2.05. The molecule has 1 N–H and O–H groups in total. The van der Waals surface area contributed by atoms with Crippen molar-refractivity contribution in [3.05, 3.63) is 69.7 Å². The fourth-order valence-electron chi connectivity index (χ4n) is 3.05. The molecule has 3 nitrogen and oxygen atoms in total. The molecule has 0 saturated heterocycles. The van der Waals surface area contributed by atoms with Gasteiger partial charge in [-0.05, 0) is 47.4 Å². The summed E-state index contributed by atoms with van der Waals surface area (Å²) in [6, 6.07) is 9.42. The van der Waals surface area contributed by atoms with Crippen LogP contribution in [0.2, 0.25) is 5.02 Å². The predicted octanol–water partition coefficient (Wildman–Crippen LogP) is 4.37. The summed E-state index contributed by atoms with van der Waals surface area (Å²) >= 11 is 6.00. The van der Waals surface area contributed by atoms with Gasteiger partial charge in [0.05, 0.1) is 5.56 Å². The van der Waals surface area contributed by atoms with Crippen LogP contribution in [0.4, 0.5) is 13.2 Å². The minimum absolute atomic E-state index is 0.251. The molecule has 0 fully saturated rings. The maximum absolute atomic E-state index is 12.6. The first-order chi connectivity index (χ1) is 11.7. The zero-order valence-electron chi connectivity index (χ0n) is 13.1. The number of carbonyl (C=O) groups is 1. The van der Waals surface area contributed by atoms with E-state index in [9.17, 15) is 23.1 Å². The summed E-state index contributed by atoms with van der Waals surface area (Å²) < 4.78 is 37.9. The monoisotopic (exact) mass is 369 g/mol. The number of carboxylic acids is 1. The molecule has 2 aromatic carbocycles. The minimum atomic E-state index is -4.39. The SMILES string of the molecule is O=C(O)[C@@H]1Cc2ccc(Cl)cc2CN1Cc1ccc(C(F)(F)F)cc1. The molecule has 1 heterocycles. The topological polar surface area (TPSA) is 40.5 Å². The fourth-order valence-corrected chi connectivity index (χ4v) is 3.25. The highest BCUT2D eigenvalue weighted by molar-refractivity contribution is 6.30. The van der Waals surface area contributed by atoms with Crippen LogP contribution >= 0.6 is 11.6 Å². The molecule has 0 bridgehead atoms. The van der Waals surface area contributed by atoms with Crippen molar-refractivity contribution in [1.29, 1.82) is 0 Å². The lowest BCUT2D eigenvalue weighted by molar-refractivity contribution is -0.144. The van der Waals surface area contributed by atoms with Crippen molar-refractivity contribution in [1.82, 2.24) is 4.90 Å². The van der Waals surface area contributed by atoms with Gasteiger partial charge in [-0.3, -0.25) is 9.69 Å². The van der Waals surface area contributed by atoms with E-state index in [0.717, 1.165) is 23.3 Å². The van der Waals surface area contributed by atoms with Crippen molar-refractivity contribution in [3.63, 3.8) is 0 Å². The average Bonchev–Trinajstić information content (AvgIpc) is 2.53. The Morgan fingerprint density at radius 2 is 1.84 bits per heavy atom. The van der Waals surface area contributed by atoms with E-state index < -0.39 is 23.8 Å². The highest BCUT2D eigenvalue weighted by Gasteiger charge is 2.32. The third-order valence-electron chi connectivity index (χ3n) is 4.35. The number of fused-ring (bicyclic) bond motifs is 1. The van der Waals surface area contributed by atoms with Crippen molar-refractivity contribution >= 4 is 17.6 Å². The number of hydrogen-bond acceptors (Lipinski definition) is 2. The molecule has 0 saturated carbocycles. The van der Waals surface area contributed by atoms with Gasteiger partial charge in [0.2, 0.25) is 0 Å². The van der Waals surface area contributed by atoms with Gasteiger partial charge in [0.1, 0.15) is 6.04 Å². The van der Waals surface area contributed by atoms with Crippen LogP contribution in [0.1, 0.15) is 22.3 Å². The fraction of sp³-hybridized carbons (Fsp3) is 0.278. The lowest BCUT2D eigenvalue weighted by atomic mass is 9.93. The molecule has 0 unspecified atom stereocenters. The zero-order valence-corrected chi connectivity index (χ0v) is 13.8. The van der Waals surface area contributed by atoms with E-state index in [1.807, 2.05) is 6.07 Å². The molecule has 25 heavy (non-hydrogen) atoms. The van der Waals surface area contributed by atoms with Crippen LogP contribution in [-0.4, -0.2) is 22.0 Å². The van der Waals surface area contributed by atoms with Crippen LogP contribution in [0.5, 0.6) is 0 Å². The number of alkyl halides is 3. The van der Waals surface area contributed by atoms with Crippen molar-refractivity contribution < 1.29 is 23.1 Å². The van der Waals surface area contributed by atoms with E-state index in [-0.39, 0.29) is 6.54 Å². The molecular weight excluding hydrogens is 355 g/mol. The summed E-state index contributed by atoms with van der Waals surface area (Å²) in [5.41, 5.74) is 1.78. The van der Waals surface area contributed by atoms with Crippen LogP contribution < -0.4 is 0 Å². The first kappa shape index (κ1) is 17.8. The second-order valence-electron chi connectivity index (χ2n) is 6.07. The van der Waals surface area contributed by atoms with Crippen LogP contribution in [-0.2, 0) is 30.5 Å². The van der Waals surface area contributed by atoms with Crippen LogP contribution in [0.15, 0.2) is 42.5 Å². The molecule has 1 atom stereocenters. The minimum Gasteiger partial charge on any atom is -0.480 e. The van der Waals surface area contributed by atoms with Crippen LogP contribution in [0.25, 0.3) is 0 Å². The molecule has 0 aliphatic carbocycles. The van der Waals surface area contributed by atoms with Gasteiger partial charge < -0.3 is 5.11 Å². The molecule has 3 rings (SSSR count). The van der Waals surface area contributed by atoms with Crippen molar-refractivity contribution in [2.45, 2.75) is 31.7 Å². The number of carboxylic acid groups (broad SMARTS) is 1. The Morgan fingerprint density at radius 1 is 1.16 bits per heavy atom. The number of nitrogens with zero attached hydrogens (tertiary/aromatic N) is 1. The van der Waals surface area contributed by atoms with Gasteiger partial charge in [0.15, 0.2) is 0 Å². The lowest BCUT2D eigenvalue weighted by Gasteiger charge is -2.34. The Kier molecular flexibility index (Phi) is 4.75. The average molecular weight is 370 g/mol. The Morgan fingerprint density at radius 3 is 2.44 bits per heavy atom. The van der Waals surface area contributed by atoms with Gasteiger partial charge in [-0.25, -0.2) is 0 Å². The molecule has 132 valence electrons. The summed E-state index contributed by atoms with van der Waals surface area (Å²) in [6.45, 7) is 0.634. The van der Waals surface area contributed by atoms with E-state index in [2.05, 4.69) is 0 Å². The maximum atomic E-state index is 12.6. The third-order valence-corrected chi connectivity index (χ3v) is 4.58. The normalized spacial score (nSPS) is 18.0. The standard InChI is InChI=1S/C18H15ClF3NO2/c19-15-6-3-12-8-16(17(24)25)23(10-13(12)7-15)9-11-1-4-14(5-2-11)18(20,21)22/h1-7,16H,8-10H2,(H,24,25)/t16-/m0/s1. The number of halogens is 4. The number of rotatable bonds is 3. The Labute approximate surface area is 147 Å². The Bertz CT molecular complexity index is 790. The van der Waals surface area contributed by atoms with Crippen molar-refractivity contribution in [2.75, 3.05) is 0 Å². The molecule has 1 aliphatic heterocycles. The van der Waals surface area contributed by atoms with E-state index in [1.165, 1.54) is 12.1 Å². The number of benzene rings is 2. The summed E-state index contributed by atoms with van der Waals surface area (Å²) in [5, 5.41) is 10.1. The van der Waals surface area contributed by atoms with Gasteiger partial charge in [0.25, 0.3) is 0 Å². The largest absolute Gasteiger partial charge is 0.480 e. The quantitative estimate of drug-likeness (QED) is 0.873. The second-order valence-corrected chi connectivity index (χ2v) is 6.51. The molecule has 1 aliphatic rings. The van der Waals surface area contributed by atoms with Crippen LogP contribution in [0.3, 0.4) is 0 Å². The van der Waals surface area contributed by atoms with Gasteiger partial charge in [-0.2, -0.15) is 13.2 Å². The zero-order chi connectivity index (χ0) is 18.2. The summed E-state index contributed by atoms with van der Waals surface area (Å²) in [6.07, 6.45) is -4.05. The molecule has 0 amide bonds. The van der Waals surface area contributed by atoms with Gasteiger partial charge in [0, 0.05) is 18.1 Å². The molecule has 0 aromatic heterocycles. The van der Waals surface area contributed by atoms with E-state index >= 15 is 0 Å². The van der Waals surface area contributed by atoms with Gasteiger partial charge in [-0.15, -0.1) is 0 Å². The summed E-state index contributed by atoms with van der Waals surface area (Å²) in [4.78, 5) is 13.3. The first-order valence-corrected chi connectivity index (χ1v) is 8.02. The predicted molar refractivity (Wildman–Crippen MR) is 87.3 cm³/mol. The number of hydrogen-bond donors (Lipinski definition) is 1. The smallest absolute Gasteiger partial charge is 0.416 e. The third kappa shape index (κ3) is 3.96. The Balaban J connectivity index is 1.83. The molecule has 0 radical (unpaired) electrons. The molecule has 7 heteroatoms. The molecule has 2 aromatic rings. The maximum Gasteiger partial charge on any atom is 0.416 e. The highest BCUT2D eigenvalue weighted by atomic mass is 35.5. The molecule has 0 spiro atoms.